The monoisotopic (exact) mass is 210 g/mol. The summed E-state index contributed by atoms with van der Waals surface area (Å²) in [6.45, 7) is 0.508. The highest BCUT2D eigenvalue weighted by atomic mass is 16.5. The molecule has 0 unspecified atom stereocenters. The van der Waals surface area contributed by atoms with Crippen LogP contribution in [0.25, 0.3) is 0 Å². The molecule has 1 aliphatic heterocycles. The average Bonchev–Trinajstić information content (AvgIpc) is 2.74. The molecular formula is C10H14N2O3. The maximum Gasteiger partial charge on any atom is 0.328 e. The zero-order valence-electron chi connectivity index (χ0n) is 8.60. The Labute approximate surface area is 88.6 Å². The van der Waals surface area contributed by atoms with E-state index in [0.717, 1.165) is 6.42 Å². The number of likely N-dealkylation sites (tertiary alicyclic amines) is 1. The van der Waals surface area contributed by atoms with Crippen LogP contribution in [0.5, 0.6) is 0 Å². The molecule has 1 amide bonds. The predicted molar refractivity (Wildman–Crippen MR) is 53.6 cm³/mol. The fraction of sp³-hybridized carbons (Fsp3) is 0.600. The molecule has 1 saturated heterocycles. The molecule has 0 aromatic rings. The zero-order chi connectivity index (χ0) is 11.4. The van der Waals surface area contributed by atoms with Gasteiger partial charge in [0.05, 0.1) is 7.11 Å². The number of nitrogens with zero attached hydrogens (tertiary/aromatic N) is 1. The Morgan fingerprint density at radius 2 is 2.33 bits per heavy atom. The number of carbonyl (C=O) groups is 2. The first-order chi connectivity index (χ1) is 7.11. The average molecular weight is 210 g/mol. The lowest BCUT2D eigenvalue weighted by Crippen LogP contribution is -2.48. The minimum atomic E-state index is -0.977. The number of hydrogen-bond donors (Lipinski definition) is 1. The van der Waals surface area contributed by atoms with Crippen LogP contribution in [0, 0.1) is 12.3 Å². The van der Waals surface area contributed by atoms with Gasteiger partial charge in [-0.1, -0.05) is 5.92 Å². The summed E-state index contributed by atoms with van der Waals surface area (Å²) in [5.74, 6) is 1.36. The van der Waals surface area contributed by atoms with Gasteiger partial charge in [0.2, 0.25) is 0 Å². The molecule has 0 aromatic heterocycles. The summed E-state index contributed by atoms with van der Waals surface area (Å²) in [6, 6.07) is -1.50. The number of methoxy groups -OCH3 is 1. The summed E-state index contributed by atoms with van der Waals surface area (Å²) in [7, 11) is 1.30. The van der Waals surface area contributed by atoms with Crippen molar-refractivity contribution in [3.8, 4) is 12.3 Å². The molecule has 1 fully saturated rings. The van der Waals surface area contributed by atoms with Gasteiger partial charge < -0.3 is 15.4 Å². The van der Waals surface area contributed by atoms with Gasteiger partial charge in [-0.3, -0.25) is 4.79 Å². The Morgan fingerprint density at radius 3 is 2.87 bits per heavy atom. The largest absolute Gasteiger partial charge is 0.467 e. The van der Waals surface area contributed by atoms with E-state index in [9.17, 15) is 9.59 Å². The number of esters is 1. The summed E-state index contributed by atoms with van der Waals surface area (Å²) >= 11 is 0. The molecule has 0 saturated carbocycles. The van der Waals surface area contributed by atoms with Crippen molar-refractivity contribution in [2.45, 2.75) is 24.9 Å². The van der Waals surface area contributed by atoms with E-state index >= 15 is 0 Å². The van der Waals surface area contributed by atoms with Gasteiger partial charge >= 0.3 is 5.97 Å². The van der Waals surface area contributed by atoms with Crippen LogP contribution in [0.2, 0.25) is 0 Å². The second kappa shape index (κ2) is 4.80. The predicted octanol–water partition coefficient (Wildman–Crippen LogP) is -0.889. The Balaban J connectivity index is 2.73. The van der Waals surface area contributed by atoms with Crippen LogP contribution in [0.3, 0.4) is 0 Å². The fourth-order valence-corrected chi connectivity index (χ4v) is 1.66. The summed E-state index contributed by atoms with van der Waals surface area (Å²) < 4.78 is 4.60. The van der Waals surface area contributed by atoms with Crippen molar-refractivity contribution in [1.29, 1.82) is 0 Å². The lowest BCUT2D eigenvalue weighted by atomic mass is 10.2. The van der Waals surface area contributed by atoms with Gasteiger partial charge in [-0.25, -0.2) is 4.79 Å². The molecule has 15 heavy (non-hydrogen) atoms. The van der Waals surface area contributed by atoms with Gasteiger partial charge in [0.25, 0.3) is 5.91 Å². The summed E-state index contributed by atoms with van der Waals surface area (Å²) in [5.41, 5.74) is 5.42. The Bertz CT molecular complexity index is 308. The van der Waals surface area contributed by atoms with Gasteiger partial charge in [0.1, 0.15) is 12.1 Å². The minimum Gasteiger partial charge on any atom is -0.467 e. The molecule has 2 atom stereocenters. The summed E-state index contributed by atoms with van der Waals surface area (Å²) in [6.07, 6.45) is 6.43. The first-order valence-electron chi connectivity index (χ1n) is 4.71. The van der Waals surface area contributed by atoms with Crippen LogP contribution in [-0.2, 0) is 14.3 Å². The van der Waals surface area contributed by atoms with E-state index in [1.165, 1.54) is 12.0 Å². The smallest absolute Gasteiger partial charge is 0.328 e. The van der Waals surface area contributed by atoms with Crippen LogP contribution in [0.1, 0.15) is 12.8 Å². The zero-order valence-corrected chi connectivity index (χ0v) is 8.60. The van der Waals surface area contributed by atoms with Crippen molar-refractivity contribution in [3.05, 3.63) is 0 Å². The van der Waals surface area contributed by atoms with Crippen molar-refractivity contribution in [2.24, 2.45) is 5.73 Å². The van der Waals surface area contributed by atoms with Crippen LogP contribution >= 0.6 is 0 Å². The van der Waals surface area contributed by atoms with Gasteiger partial charge in [0.15, 0.2) is 0 Å². The third kappa shape index (κ3) is 2.28. The van der Waals surface area contributed by atoms with E-state index in [4.69, 9.17) is 12.2 Å². The van der Waals surface area contributed by atoms with Gasteiger partial charge in [-0.05, 0) is 12.8 Å². The standard InChI is InChI=1S/C10H14N2O3/c1-3-7(11)9(13)12-6-4-5-8(12)10(14)15-2/h1,7-8H,4-6,11H2,2H3/t7-,8-/m0/s1. The van der Waals surface area contributed by atoms with Gasteiger partial charge in [-0.15, -0.1) is 6.42 Å². The van der Waals surface area contributed by atoms with Gasteiger partial charge in [-0.2, -0.15) is 0 Å². The lowest BCUT2D eigenvalue weighted by molar-refractivity contribution is -0.150. The van der Waals surface area contributed by atoms with Gasteiger partial charge in [0, 0.05) is 6.54 Å². The third-order valence-electron chi connectivity index (χ3n) is 2.45. The molecule has 5 nitrogen and oxygen atoms in total. The minimum absolute atomic E-state index is 0.384. The van der Waals surface area contributed by atoms with E-state index in [1.807, 2.05) is 0 Å². The molecule has 0 aromatic carbocycles. The molecule has 2 N–H and O–H groups in total. The number of rotatable bonds is 2. The quantitative estimate of drug-likeness (QED) is 0.474. The van der Waals surface area contributed by atoms with E-state index in [0.29, 0.717) is 13.0 Å². The summed E-state index contributed by atoms with van der Waals surface area (Å²) in [4.78, 5) is 24.4. The van der Waals surface area contributed by atoms with Crippen molar-refractivity contribution < 1.29 is 14.3 Å². The molecular weight excluding hydrogens is 196 g/mol. The van der Waals surface area contributed by atoms with Crippen LogP contribution in [0.4, 0.5) is 0 Å². The second-order valence-corrected chi connectivity index (χ2v) is 3.36. The second-order valence-electron chi connectivity index (χ2n) is 3.36. The molecule has 5 heteroatoms. The molecule has 1 aliphatic rings. The first-order valence-corrected chi connectivity index (χ1v) is 4.71. The molecule has 82 valence electrons. The highest BCUT2D eigenvalue weighted by Gasteiger charge is 2.36. The highest BCUT2D eigenvalue weighted by Crippen LogP contribution is 2.18. The molecule has 0 bridgehead atoms. The molecule has 1 heterocycles. The van der Waals surface area contributed by atoms with Crippen molar-refractivity contribution in [3.63, 3.8) is 0 Å². The number of nitrogens with two attached hydrogens (primary N) is 1. The van der Waals surface area contributed by atoms with Crippen LogP contribution < -0.4 is 5.73 Å². The summed E-state index contributed by atoms with van der Waals surface area (Å²) in [5, 5.41) is 0. The van der Waals surface area contributed by atoms with Crippen molar-refractivity contribution in [2.75, 3.05) is 13.7 Å². The third-order valence-corrected chi connectivity index (χ3v) is 2.45. The van der Waals surface area contributed by atoms with Crippen molar-refractivity contribution >= 4 is 11.9 Å². The Kier molecular flexibility index (Phi) is 3.69. The molecule has 1 rings (SSSR count). The van der Waals surface area contributed by atoms with E-state index < -0.39 is 18.1 Å². The SMILES string of the molecule is C#C[C@H](N)C(=O)N1CCC[C@H]1C(=O)OC. The molecule has 0 spiro atoms. The molecule has 0 radical (unpaired) electrons. The number of terminal acetylenes is 1. The number of hydrogen-bond acceptors (Lipinski definition) is 4. The normalized spacial score (nSPS) is 21.9. The number of ether oxygens (including phenoxy) is 1. The maximum atomic E-state index is 11.7. The van der Waals surface area contributed by atoms with E-state index in [2.05, 4.69) is 10.7 Å². The Hall–Kier alpha value is -1.54. The van der Waals surface area contributed by atoms with E-state index in [1.54, 1.807) is 0 Å². The van der Waals surface area contributed by atoms with Crippen molar-refractivity contribution in [1.82, 2.24) is 4.90 Å². The fourth-order valence-electron chi connectivity index (χ4n) is 1.66. The number of carbonyl (C=O) groups excluding carboxylic acids is 2. The topological polar surface area (TPSA) is 72.6 Å². The Morgan fingerprint density at radius 1 is 1.67 bits per heavy atom. The first kappa shape index (κ1) is 11.5. The van der Waals surface area contributed by atoms with Crippen LogP contribution in [0.15, 0.2) is 0 Å². The molecule has 0 aliphatic carbocycles. The maximum absolute atomic E-state index is 11.7. The lowest BCUT2D eigenvalue weighted by Gasteiger charge is -2.23. The van der Waals surface area contributed by atoms with E-state index in [-0.39, 0.29) is 5.91 Å². The highest BCUT2D eigenvalue weighted by molar-refractivity contribution is 5.89. The van der Waals surface area contributed by atoms with Crippen LogP contribution in [-0.4, -0.2) is 42.5 Å². The number of amides is 1.